The van der Waals surface area contributed by atoms with Crippen LogP contribution >= 0.6 is 22.7 Å². The number of pyridine rings is 1. The standard InChI is InChI=1S/C46H57N7O10S3/c1-26(2)47-43-49-34(25-65-43)33-20-36(30-15-14-28(61-6)18-32(30)48-33)62-29-19-35-40(54)51-46(42(56)57)21-27(46)12-10-8-7-9-11-13-31(41(55)53(35)22-29)50-44(58)63-39(45(3,4)5)24-52-23-37-38(16-17-64-37)66(52,59)60/h10,12,14-18,20,25-27,29,31,35,39H,7-9,11,13,19,21-24H2,1-6H3,(H,47,49)(H,50,58)(H,51,54)(H,56,57)/b12-10-/t27?,29-,31+,35+,39?,46-/m1/s1. The number of benzene rings is 1. The Bertz CT molecular complexity index is 2640. The number of sulfonamides is 1. The second-order valence-electron chi connectivity index (χ2n) is 18.8. The van der Waals surface area contributed by atoms with E-state index < -0.39 is 75.1 Å². The van der Waals surface area contributed by atoms with Crippen LogP contribution in [0.3, 0.4) is 0 Å². The predicted octanol–water partition coefficient (Wildman–Crippen LogP) is 6.79. The molecule has 0 radical (unpaired) electrons. The van der Waals surface area contributed by atoms with Crippen molar-refractivity contribution in [2.45, 2.75) is 127 Å². The molecule has 3 aromatic heterocycles. The molecule has 3 amide bonds. The first-order chi connectivity index (χ1) is 31.4. The maximum atomic E-state index is 15.0. The summed E-state index contributed by atoms with van der Waals surface area (Å²) in [5, 5.41) is 24.3. The Morgan fingerprint density at radius 2 is 1.88 bits per heavy atom. The molecule has 4 N–H and O–H groups in total. The summed E-state index contributed by atoms with van der Waals surface area (Å²) in [7, 11) is -2.22. The minimum Gasteiger partial charge on any atom is -0.497 e. The number of allylic oxidation sites excluding steroid dienone is 1. The highest BCUT2D eigenvalue weighted by molar-refractivity contribution is 7.89. The smallest absolute Gasteiger partial charge is 0.408 e. The summed E-state index contributed by atoms with van der Waals surface area (Å²) in [6.07, 6.45) is 4.38. The number of alkyl carbamates (subject to hydrolysis) is 1. The summed E-state index contributed by atoms with van der Waals surface area (Å²) >= 11 is 2.80. The van der Waals surface area contributed by atoms with Crippen LogP contribution in [0.1, 0.15) is 84.4 Å². The van der Waals surface area contributed by atoms with Crippen molar-refractivity contribution < 1.29 is 46.9 Å². The van der Waals surface area contributed by atoms with E-state index in [-0.39, 0.29) is 49.8 Å². The number of carbonyl (C=O) groups excluding carboxylic acids is 3. The Morgan fingerprint density at radius 1 is 1.08 bits per heavy atom. The minimum absolute atomic E-state index is 0.0152. The third-order valence-electron chi connectivity index (χ3n) is 12.6. The topological polar surface area (TPSA) is 219 Å². The number of ether oxygens (including phenoxy) is 3. The lowest BCUT2D eigenvalue weighted by Crippen LogP contribution is -2.56. The molecular weight excluding hydrogens is 907 g/mol. The first-order valence-electron chi connectivity index (χ1n) is 22.3. The number of hydrogen-bond donors (Lipinski definition) is 4. The van der Waals surface area contributed by atoms with Crippen molar-refractivity contribution in [1.29, 1.82) is 0 Å². The fourth-order valence-corrected chi connectivity index (χ4v) is 12.5. The van der Waals surface area contributed by atoms with Gasteiger partial charge in [0.05, 0.1) is 36.3 Å². The SMILES string of the molecule is COc1ccc2c(O[C@@H]3C[C@H]4C(=O)N[C@]5(C(=O)O)CC5/C=C\CCCCC[C@H](NC(=O)OC(CN5Cc6sccc6S5(=O)=O)C(C)(C)C)C(=O)N4C3)cc(-c3csc(NC(C)C)n3)nc2c1. The van der Waals surface area contributed by atoms with Crippen molar-refractivity contribution >= 4 is 72.6 Å². The third-order valence-corrected chi connectivity index (χ3v) is 16.3. The normalized spacial score (nSPS) is 25.4. The first kappa shape index (κ1) is 47.2. The largest absolute Gasteiger partial charge is 0.497 e. The highest BCUT2D eigenvalue weighted by atomic mass is 32.2. The molecule has 0 bridgehead atoms. The Morgan fingerprint density at radius 3 is 2.61 bits per heavy atom. The number of hydrogen-bond acceptors (Lipinski definition) is 14. The number of methoxy groups -OCH3 is 1. The molecule has 1 aromatic carbocycles. The number of nitrogens with one attached hydrogen (secondary N) is 3. The highest BCUT2D eigenvalue weighted by Gasteiger charge is 2.61. The lowest BCUT2D eigenvalue weighted by molar-refractivity contribution is -0.145. The Labute approximate surface area is 392 Å². The average molecular weight is 964 g/mol. The molecule has 66 heavy (non-hydrogen) atoms. The molecule has 1 saturated carbocycles. The Balaban J connectivity index is 1.08. The van der Waals surface area contributed by atoms with Gasteiger partial charge in [-0.1, -0.05) is 45.8 Å². The van der Waals surface area contributed by atoms with Crippen molar-refractivity contribution in [1.82, 2.24) is 29.8 Å². The number of thiazole rings is 1. The van der Waals surface area contributed by atoms with Crippen molar-refractivity contribution in [3.63, 3.8) is 0 Å². The average Bonchev–Trinajstić information content (AvgIpc) is 3.73. The number of carboxylic acids is 1. The first-order valence-corrected chi connectivity index (χ1v) is 25.5. The van der Waals surface area contributed by atoms with Crippen LogP contribution < -0.4 is 25.4 Å². The van der Waals surface area contributed by atoms with Gasteiger partial charge in [0.2, 0.25) is 21.8 Å². The predicted molar refractivity (Wildman–Crippen MR) is 250 cm³/mol. The van der Waals surface area contributed by atoms with Crippen LogP contribution in [0.25, 0.3) is 22.3 Å². The van der Waals surface area contributed by atoms with Gasteiger partial charge in [-0.2, -0.15) is 4.31 Å². The third kappa shape index (κ3) is 9.87. The molecule has 8 rings (SSSR count). The zero-order valence-electron chi connectivity index (χ0n) is 37.9. The van der Waals surface area contributed by atoms with Crippen LogP contribution in [0.4, 0.5) is 9.93 Å². The van der Waals surface area contributed by atoms with Gasteiger partial charge < -0.3 is 40.2 Å². The lowest BCUT2D eigenvalue weighted by Gasteiger charge is -2.34. The summed E-state index contributed by atoms with van der Waals surface area (Å²) < 4.78 is 46.4. The van der Waals surface area contributed by atoms with Gasteiger partial charge in [0.15, 0.2) is 5.13 Å². The fourth-order valence-electron chi connectivity index (χ4n) is 8.76. The van der Waals surface area contributed by atoms with E-state index in [1.807, 2.05) is 58.2 Å². The van der Waals surface area contributed by atoms with Crippen LogP contribution in [0.5, 0.6) is 11.5 Å². The number of amides is 3. The van der Waals surface area contributed by atoms with E-state index in [1.54, 1.807) is 36.8 Å². The van der Waals surface area contributed by atoms with E-state index in [0.29, 0.717) is 57.9 Å². The molecule has 4 aromatic rings. The summed E-state index contributed by atoms with van der Waals surface area (Å²) in [5.74, 6) is -1.76. The molecule has 354 valence electrons. The number of fused-ring (bicyclic) bond motifs is 4. The number of carbonyl (C=O) groups is 4. The van der Waals surface area contributed by atoms with Gasteiger partial charge in [-0.05, 0) is 63.1 Å². The van der Waals surface area contributed by atoms with E-state index in [1.165, 1.54) is 31.9 Å². The number of aromatic nitrogens is 2. The number of anilines is 1. The van der Waals surface area contributed by atoms with Crippen LogP contribution in [-0.2, 0) is 35.7 Å². The van der Waals surface area contributed by atoms with E-state index >= 15 is 0 Å². The fraction of sp³-hybridized carbons (Fsp3) is 0.522. The Hall–Kier alpha value is -5.31. The van der Waals surface area contributed by atoms with E-state index in [9.17, 15) is 32.7 Å². The molecule has 6 atom stereocenters. The van der Waals surface area contributed by atoms with E-state index in [4.69, 9.17) is 24.2 Å². The number of aliphatic carboxylic acids is 1. The van der Waals surface area contributed by atoms with Gasteiger partial charge in [0, 0.05) is 58.1 Å². The quantitative estimate of drug-likeness (QED) is 0.114. The van der Waals surface area contributed by atoms with Gasteiger partial charge in [-0.3, -0.25) is 9.59 Å². The summed E-state index contributed by atoms with van der Waals surface area (Å²) in [6.45, 7) is 9.59. The van der Waals surface area contributed by atoms with Gasteiger partial charge in [-0.25, -0.2) is 28.0 Å². The van der Waals surface area contributed by atoms with Gasteiger partial charge in [0.25, 0.3) is 0 Å². The van der Waals surface area contributed by atoms with Gasteiger partial charge in [-0.15, -0.1) is 22.7 Å². The molecular formula is C46H57N7O10S3. The van der Waals surface area contributed by atoms with E-state index in [2.05, 4.69) is 16.0 Å². The second-order valence-corrected chi connectivity index (χ2v) is 22.6. The number of rotatable bonds is 11. The van der Waals surface area contributed by atoms with E-state index in [0.717, 1.165) is 11.6 Å². The highest BCUT2D eigenvalue weighted by Crippen LogP contribution is 2.46. The monoisotopic (exact) mass is 963 g/mol. The number of thiophene rings is 1. The molecule has 2 unspecified atom stereocenters. The van der Waals surface area contributed by atoms with Crippen LogP contribution in [-0.4, -0.2) is 113 Å². The number of carboxylic acid groups (broad SMARTS) is 1. The van der Waals surface area contributed by atoms with Crippen LogP contribution in [0.15, 0.2) is 58.1 Å². The molecule has 6 heterocycles. The zero-order chi connectivity index (χ0) is 47.1. The second kappa shape index (κ2) is 18.8. The summed E-state index contributed by atoms with van der Waals surface area (Å²) in [6, 6.07) is 6.62. The van der Waals surface area contributed by atoms with Crippen molar-refractivity contribution in [2.24, 2.45) is 11.3 Å². The van der Waals surface area contributed by atoms with Crippen molar-refractivity contribution in [3.05, 3.63) is 58.1 Å². The van der Waals surface area contributed by atoms with Crippen LogP contribution in [0, 0.1) is 11.3 Å². The van der Waals surface area contributed by atoms with Gasteiger partial charge in [0.1, 0.15) is 47.0 Å². The minimum atomic E-state index is -3.78. The molecule has 3 aliphatic heterocycles. The van der Waals surface area contributed by atoms with Crippen molar-refractivity contribution in [2.75, 3.05) is 25.5 Å². The molecule has 4 aliphatic rings. The lowest BCUT2D eigenvalue weighted by atomic mass is 9.89. The molecule has 1 aliphatic carbocycles. The maximum absolute atomic E-state index is 15.0. The van der Waals surface area contributed by atoms with Crippen LogP contribution in [0.2, 0.25) is 0 Å². The molecule has 20 heteroatoms. The molecule has 0 spiro atoms. The molecule has 2 fully saturated rings. The van der Waals surface area contributed by atoms with Crippen molar-refractivity contribution in [3.8, 4) is 22.9 Å². The maximum Gasteiger partial charge on any atom is 0.408 e. The summed E-state index contributed by atoms with van der Waals surface area (Å²) in [4.78, 5) is 68.1. The summed E-state index contributed by atoms with van der Waals surface area (Å²) in [5.41, 5.74) is -0.496. The number of nitrogens with zero attached hydrogens (tertiary/aromatic N) is 4. The van der Waals surface area contributed by atoms with Gasteiger partial charge >= 0.3 is 12.1 Å². The molecule has 1 saturated heterocycles. The molecule has 17 nitrogen and oxygen atoms in total. The Kier molecular flexibility index (Phi) is 13.4. The zero-order valence-corrected chi connectivity index (χ0v) is 40.3.